The quantitative estimate of drug-likeness (QED) is 0.756. The Kier molecular flexibility index (Phi) is 3.19. The second-order valence-corrected chi connectivity index (χ2v) is 5.24. The summed E-state index contributed by atoms with van der Waals surface area (Å²) >= 11 is 3.43. The fourth-order valence-electron chi connectivity index (χ4n) is 1.45. The maximum Gasteiger partial charge on any atom is 0.120 e. The molecule has 0 spiro atoms. The van der Waals surface area contributed by atoms with Gasteiger partial charge in [-0.05, 0) is 38.1 Å². The molecule has 0 amide bonds. The van der Waals surface area contributed by atoms with Crippen molar-refractivity contribution in [2.24, 2.45) is 0 Å². The minimum atomic E-state index is -0.985. The molecule has 0 atom stereocenters. The number of aliphatic hydroxyl groups is 1. The standard InChI is InChI=1S/C14H12BrNO/c1-14(2,17)7-5-10-6-8-16-13-4-3-11(15)9-12(10)13/h3-4,6,8-9,17H,1-2H3. The number of rotatable bonds is 0. The summed E-state index contributed by atoms with van der Waals surface area (Å²) in [7, 11) is 0. The molecule has 3 heteroatoms. The van der Waals surface area contributed by atoms with E-state index in [0.29, 0.717) is 0 Å². The first-order valence-electron chi connectivity index (χ1n) is 5.25. The van der Waals surface area contributed by atoms with Gasteiger partial charge in [-0.15, -0.1) is 0 Å². The van der Waals surface area contributed by atoms with E-state index in [9.17, 15) is 5.11 Å². The Bertz CT molecular complexity index is 617. The SMILES string of the molecule is CC(C)(O)C#Cc1ccnc2ccc(Br)cc12. The number of hydrogen-bond donors (Lipinski definition) is 1. The van der Waals surface area contributed by atoms with E-state index in [1.54, 1.807) is 20.0 Å². The molecule has 0 fully saturated rings. The van der Waals surface area contributed by atoms with Crippen LogP contribution >= 0.6 is 15.9 Å². The average molecular weight is 290 g/mol. The molecule has 86 valence electrons. The van der Waals surface area contributed by atoms with Crippen LogP contribution in [0.25, 0.3) is 10.9 Å². The smallest absolute Gasteiger partial charge is 0.120 e. The van der Waals surface area contributed by atoms with Gasteiger partial charge < -0.3 is 5.11 Å². The highest BCUT2D eigenvalue weighted by Gasteiger charge is 2.06. The number of fused-ring (bicyclic) bond motifs is 1. The van der Waals surface area contributed by atoms with Crippen LogP contribution in [-0.4, -0.2) is 15.7 Å². The second kappa shape index (κ2) is 4.48. The molecule has 0 bridgehead atoms. The molecule has 17 heavy (non-hydrogen) atoms. The molecule has 0 unspecified atom stereocenters. The number of benzene rings is 1. The molecule has 1 heterocycles. The van der Waals surface area contributed by atoms with Crippen molar-refractivity contribution >= 4 is 26.8 Å². The molecule has 1 aromatic carbocycles. The molecule has 0 saturated heterocycles. The number of aromatic nitrogens is 1. The van der Waals surface area contributed by atoms with Crippen LogP contribution in [0.3, 0.4) is 0 Å². The first-order valence-corrected chi connectivity index (χ1v) is 6.05. The van der Waals surface area contributed by atoms with Crippen molar-refractivity contribution in [2.45, 2.75) is 19.4 Å². The summed E-state index contributed by atoms with van der Waals surface area (Å²) in [5.74, 6) is 5.81. The van der Waals surface area contributed by atoms with Crippen molar-refractivity contribution in [1.29, 1.82) is 0 Å². The van der Waals surface area contributed by atoms with E-state index in [-0.39, 0.29) is 0 Å². The van der Waals surface area contributed by atoms with E-state index in [2.05, 4.69) is 32.8 Å². The molecular formula is C14H12BrNO. The zero-order chi connectivity index (χ0) is 12.5. The van der Waals surface area contributed by atoms with Gasteiger partial charge in [0.2, 0.25) is 0 Å². The van der Waals surface area contributed by atoms with Crippen molar-refractivity contribution in [3.63, 3.8) is 0 Å². The third kappa shape index (κ3) is 3.06. The van der Waals surface area contributed by atoms with Crippen molar-refractivity contribution < 1.29 is 5.11 Å². The van der Waals surface area contributed by atoms with Crippen molar-refractivity contribution in [3.05, 3.63) is 40.5 Å². The second-order valence-electron chi connectivity index (χ2n) is 4.33. The van der Waals surface area contributed by atoms with E-state index in [4.69, 9.17) is 0 Å². The molecule has 0 aliphatic rings. The van der Waals surface area contributed by atoms with Crippen LogP contribution in [0.15, 0.2) is 34.9 Å². The maximum atomic E-state index is 9.61. The van der Waals surface area contributed by atoms with E-state index in [1.807, 2.05) is 24.3 Å². The van der Waals surface area contributed by atoms with Crippen LogP contribution in [0.4, 0.5) is 0 Å². The summed E-state index contributed by atoms with van der Waals surface area (Å²) in [5.41, 5.74) is 0.788. The lowest BCUT2D eigenvalue weighted by atomic mass is 10.1. The lowest BCUT2D eigenvalue weighted by molar-refractivity contribution is 0.143. The molecule has 2 nitrogen and oxygen atoms in total. The first-order chi connectivity index (χ1) is 7.96. The van der Waals surface area contributed by atoms with Crippen LogP contribution in [0.2, 0.25) is 0 Å². The monoisotopic (exact) mass is 289 g/mol. The van der Waals surface area contributed by atoms with Gasteiger partial charge in [0.15, 0.2) is 0 Å². The highest BCUT2D eigenvalue weighted by molar-refractivity contribution is 9.10. The maximum absolute atomic E-state index is 9.61. The largest absolute Gasteiger partial charge is 0.378 e. The van der Waals surface area contributed by atoms with Gasteiger partial charge in [0.05, 0.1) is 5.52 Å². The predicted octanol–water partition coefficient (Wildman–Crippen LogP) is 3.12. The van der Waals surface area contributed by atoms with E-state index in [1.165, 1.54) is 0 Å². The Morgan fingerprint density at radius 3 is 2.76 bits per heavy atom. The highest BCUT2D eigenvalue weighted by atomic mass is 79.9. The van der Waals surface area contributed by atoms with Gasteiger partial charge in [-0.1, -0.05) is 27.8 Å². The molecule has 0 saturated carbocycles. The molecule has 2 rings (SSSR count). The van der Waals surface area contributed by atoms with Crippen molar-refractivity contribution in [3.8, 4) is 11.8 Å². The molecule has 1 aromatic heterocycles. The van der Waals surface area contributed by atoms with Crippen molar-refractivity contribution in [1.82, 2.24) is 4.98 Å². The summed E-state index contributed by atoms with van der Waals surface area (Å²) in [5, 5.41) is 10.6. The summed E-state index contributed by atoms with van der Waals surface area (Å²) in [4.78, 5) is 4.28. The topological polar surface area (TPSA) is 33.1 Å². The van der Waals surface area contributed by atoms with Crippen molar-refractivity contribution in [2.75, 3.05) is 0 Å². The Balaban J connectivity index is 2.61. The average Bonchev–Trinajstić information content (AvgIpc) is 2.25. The molecule has 1 N–H and O–H groups in total. The van der Waals surface area contributed by atoms with Crippen LogP contribution in [0.1, 0.15) is 19.4 Å². The fraction of sp³-hybridized carbons (Fsp3) is 0.214. The minimum Gasteiger partial charge on any atom is -0.378 e. The fourth-order valence-corrected chi connectivity index (χ4v) is 1.81. The van der Waals surface area contributed by atoms with E-state index < -0.39 is 5.60 Å². The van der Waals surface area contributed by atoms with Gasteiger partial charge in [0.25, 0.3) is 0 Å². The van der Waals surface area contributed by atoms with Crippen LogP contribution in [-0.2, 0) is 0 Å². The van der Waals surface area contributed by atoms with Crippen LogP contribution in [0, 0.1) is 11.8 Å². The molecule has 0 aliphatic carbocycles. The number of hydrogen-bond acceptors (Lipinski definition) is 2. The third-order valence-electron chi connectivity index (χ3n) is 2.21. The molecular weight excluding hydrogens is 278 g/mol. The number of pyridine rings is 1. The first kappa shape index (κ1) is 12.1. The van der Waals surface area contributed by atoms with E-state index in [0.717, 1.165) is 20.9 Å². The summed E-state index contributed by atoms with van der Waals surface area (Å²) in [6.07, 6.45) is 1.73. The Morgan fingerprint density at radius 1 is 1.29 bits per heavy atom. The zero-order valence-electron chi connectivity index (χ0n) is 9.66. The molecule has 2 aromatic rings. The highest BCUT2D eigenvalue weighted by Crippen LogP contribution is 2.21. The number of nitrogens with zero attached hydrogens (tertiary/aromatic N) is 1. The van der Waals surface area contributed by atoms with Crippen LogP contribution < -0.4 is 0 Å². The predicted molar refractivity (Wildman–Crippen MR) is 72.6 cm³/mol. The van der Waals surface area contributed by atoms with Gasteiger partial charge >= 0.3 is 0 Å². The number of halogens is 1. The lowest BCUT2D eigenvalue weighted by Crippen LogP contribution is -2.14. The Morgan fingerprint density at radius 2 is 2.06 bits per heavy atom. The summed E-state index contributed by atoms with van der Waals surface area (Å²) < 4.78 is 0.990. The zero-order valence-corrected chi connectivity index (χ0v) is 11.2. The normalized spacial score (nSPS) is 11.1. The van der Waals surface area contributed by atoms with Gasteiger partial charge in [-0.25, -0.2) is 0 Å². The summed E-state index contributed by atoms with van der Waals surface area (Å²) in [6, 6.07) is 7.72. The molecule has 0 aliphatic heterocycles. The Hall–Kier alpha value is -1.37. The van der Waals surface area contributed by atoms with Gasteiger partial charge in [0, 0.05) is 21.6 Å². The van der Waals surface area contributed by atoms with Gasteiger partial charge in [-0.2, -0.15) is 0 Å². The lowest BCUT2D eigenvalue weighted by Gasteiger charge is -2.06. The minimum absolute atomic E-state index is 0.874. The summed E-state index contributed by atoms with van der Waals surface area (Å²) in [6.45, 7) is 3.33. The molecule has 0 radical (unpaired) electrons. The van der Waals surface area contributed by atoms with Crippen LogP contribution in [0.5, 0.6) is 0 Å². The van der Waals surface area contributed by atoms with Gasteiger partial charge in [-0.3, -0.25) is 4.98 Å². The van der Waals surface area contributed by atoms with Gasteiger partial charge in [0.1, 0.15) is 5.60 Å². The van der Waals surface area contributed by atoms with E-state index >= 15 is 0 Å². The Labute approximate surface area is 109 Å². The third-order valence-corrected chi connectivity index (χ3v) is 2.70.